The standard InChI is InChI=1S/C13H24N2O2S/c1-3-10(4-2)15(8-9-16)12(17)13(11(14)18)6-5-7-13/h10,16H,3-9H2,1-2H3,(H2,14,18). The molecule has 4 nitrogen and oxygen atoms in total. The number of nitrogens with two attached hydrogens (primary N) is 1. The van der Waals surface area contributed by atoms with Crippen LogP contribution in [0.5, 0.6) is 0 Å². The van der Waals surface area contributed by atoms with Gasteiger partial charge in [-0.25, -0.2) is 0 Å². The molecule has 0 radical (unpaired) electrons. The lowest BCUT2D eigenvalue weighted by atomic mass is 9.67. The van der Waals surface area contributed by atoms with Gasteiger partial charge in [0.25, 0.3) is 0 Å². The summed E-state index contributed by atoms with van der Waals surface area (Å²) in [5.74, 6) is 0.0176. The summed E-state index contributed by atoms with van der Waals surface area (Å²) < 4.78 is 0. The lowest BCUT2D eigenvalue weighted by Crippen LogP contribution is -2.57. The van der Waals surface area contributed by atoms with E-state index in [9.17, 15) is 4.79 Å². The Labute approximate surface area is 115 Å². The maximum absolute atomic E-state index is 12.7. The number of hydrogen-bond acceptors (Lipinski definition) is 3. The van der Waals surface area contributed by atoms with Gasteiger partial charge in [-0.05, 0) is 25.7 Å². The number of carbonyl (C=O) groups excluding carboxylic acids is 1. The van der Waals surface area contributed by atoms with Crippen LogP contribution >= 0.6 is 12.2 Å². The molecule has 0 aromatic carbocycles. The van der Waals surface area contributed by atoms with E-state index in [0.717, 1.165) is 32.1 Å². The minimum absolute atomic E-state index is 0.0176. The van der Waals surface area contributed by atoms with Crippen LogP contribution in [0.2, 0.25) is 0 Å². The van der Waals surface area contributed by atoms with E-state index in [4.69, 9.17) is 23.1 Å². The lowest BCUT2D eigenvalue weighted by molar-refractivity contribution is -0.145. The predicted octanol–water partition coefficient (Wildman–Crippen LogP) is 1.45. The van der Waals surface area contributed by atoms with Crippen molar-refractivity contribution in [2.24, 2.45) is 11.1 Å². The first kappa shape index (κ1) is 15.4. The van der Waals surface area contributed by atoms with Crippen LogP contribution in [0, 0.1) is 5.41 Å². The Bertz CT molecular complexity index is 312. The molecule has 1 fully saturated rings. The quantitative estimate of drug-likeness (QED) is 0.688. The van der Waals surface area contributed by atoms with Gasteiger partial charge in [0.2, 0.25) is 5.91 Å². The third-order valence-corrected chi connectivity index (χ3v) is 4.46. The highest BCUT2D eigenvalue weighted by molar-refractivity contribution is 7.80. The van der Waals surface area contributed by atoms with Crippen LogP contribution in [0.3, 0.4) is 0 Å². The molecule has 0 bridgehead atoms. The Balaban J connectivity index is 2.91. The Morgan fingerprint density at radius 3 is 2.28 bits per heavy atom. The number of nitrogens with zero attached hydrogens (tertiary/aromatic N) is 1. The molecule has 5 heteroatoms. The first-order chi connectivity index (χ1) is 8.53. The normalized spacial score (nSPS) is 17.3. The van der Waals surface area contributed by atoms with Gasteiger partial charge in [-0.15, -0.1) is 0 Å². The van der Waals surface area contributed by atoms with E-state index in [1.807, 2.05) is 0 Å². The zero-order valence-electron chi connectivity index (χ0n) is 11.3. The van der Waals surface area contributed by atoms with Gasteiger partial charge in [0, 0.05) is 12.6 Å². The van der Waals surface area contributed by atoms with Crippen LogP contribution in [0.4, 0.5) is 0 Å². The number of aliphatic hydroxyl groups is 1. The molecule has 0 aromatic rings. The Morgan fingerprint density at radius 1 is 1.44 bits per heavy atom. The molecular weight excluding hydrogens is 248 g/mol. The molecular formula is C13H24N2O2S. The summed E-state index contributed by atoms with van der Waals surface area (Å²) in [4.78, 5) is 14.8. The summed E-state index contributed by atoms with van der Waals surface area (Å²) in [5.41, 5.74) is 5.14. The zero-order valence-corrected chi connectivity index (χ0v) is 12.1. The monoisotopic (exact) mass is 272 g/mol. The minimum Gasteiger partial charge on any atom is -0.395 e. The molecule has 0 heterocycles. The average molecular weight is 272 g/mol. The molecule has 0 spiro atoms. The van der Waals surface area contributed by atoms with Crippen molar-refractivity contribution < 1.29 is 9.90 Å². The lowest BCUT2D eigenvalue weighted by Gasteiger charge is -2.44. The molecule has 3 N–H and O–H groups in total. The van der Waals surface area contributed by atoms with Gasteiger partial charge < -0.3 is 15.7 Å². The van der Waals surface area contributed by atoms with Crippen LogP contribution in [0.25, 0.3) is 0 Å². The third kappa shape index (κ3) is 2.67. The predicted molar refractivity (Wildman–Crippen MR) is 76.2 cm³/mol. The van der Waals surface area contributed by atoms with E-state index in [2.05, 4.69) is 13.8 Å². The summed E-state index contributed by atoms with van der Waals surface area (Å²) >= 11 is 5.09. The molecule has 0 unspecified atom stereocenters. The smallest absolute Gasteiger partial charge is 0.235 e. The second-order valence-electron chi connectivity index (χ2n) is 4.99. The number of amides is 1. The maximum Gasteiger partial charge on any atom is 0.235 e. The molecule has 1 amide bonds. The number of carbonyl (C=O) groups is 1. The highest BCUT2D eigenvalue weighted by atomic mass is 32.1. The number of aliphatic hydroxyl groups excluding tert-OH is 1. The van der Waals surface area contributed by atoms with Gasteiger partial charge in [0.05, 0.1) is 17.0 Å². The van der Waals surface area contributed by atoms with E-state index in [0.29, 0.717) is 11.5 Å². The van der Waals surface area contributed by atoms with Gasteiger partial charge in [0.15, 0.2) is 0 Å². The van der Waals surface area contributed by atoms with E-state index < -0.39 is 5.41 Å². The summed E-state index contributed by atoms with van der Waals surface area (Å²) in [5, 5.41) is 9.16. The molecule has 0 saturated heterocycles. The van der Waals surface area contributed by atoms with Gasteiger partial charge in [0.1, 0.15) is 0 Å². The summed E-state index contributed by atoms with van der Waals surface area (Å²) in [6, 6.07) is 0.163. The molecule has 1 aliphatic carbocycles. The first-order valence-corrected chi connectivity index (χ1v) is 7.16. The van der Waals surface area contributed by atoms with Crippen LogP contribution in [-0.4, -0.2) is 40.1 Å². The van der Waals surface area contributed by atoms with Crippen LogP contribution in [0.1, 0.15) is 46.0 Å². The summed E-state index contributed by atoms with van der Waals surface area (Å²) in [6.45, 7) is 4.46. The SMILES string of the molecule is CCC(CC)N(CCO)C(=O)C1(C(N)=S)CCC1. The largest absolute Gasteiger partial charge is 0.395 e. The first-order valence-electron chi connectivity index (χ1n) is 6.75. The molecule has 104 valence electrons. The highest BCUT2D eigenvalue weighted by Gasteiger charge is 2.49. The average Bonchev–Trinajstić information content (AvgIpc) is 2.27. The van der Waals surface area contributed by atoms with Crippen molar-refractivity contribution in [3.8, 4) is 0 Å². The molecule has 0 aromatic heterocycles. The van der Waals surface area contributed by atoms with E-state index in [1.165, 1.54) is 0 Å². The summed E-state index contributed by atoms with van der Waals surface area (Å²) in [6.07, 6.45) is 4.27. The van der Waals surface area contributed by atoms with E-state index in [1.54, 1.807) is 4.90 Å². The van der Waals surface area contributed by atoms with E-state index >= 15 is 0 Å². The highest BCUT2D eigenvalue weighted by Crippen LogP contribution is 2.43. The van der Waals surface area contributed by atoms with E-state index in [-0.39, 0.29) is 18.6 Å². The number of rotatable bonds is 7. The molecule has 18 heavy (non-hydrogen) atoms. The fourth-order valence-electron chi connectivity index (χ4n) is 2.66. The second-order valence-corrected chi connectivity index (χ2v) is 5.43. The Hall–Kier alpha value is -0.680. The molecule has 1 rings (SSSR count). The fraction of sp³-hybridized carbons (Fsp3) is 0.846. The summed E-state index contributed by atoms with van der Waals surface area (Å²) in [7, 11) is 0. The van der Waals surface area contributed by atoms with Crippen molar-refractivity contribution in [3.05, 3.63) is 0 Å². The molecule has 0 atom stereocenters. The van der Waals surface area contributed by atoms with Gasteiger partial charge in [-0.2, -0.15) is 0 Å². The number of hydrogen-bond donors (Lipinski definition) is 2. The molecule has 0 aliphatic heterocycles. The fourth-order valence-corrected chi connectivity index (χ4v) is 2.95. The van der Waals surface area contributed by atoms with Crippen LogP contribution in [0.15, 0.2) is 0 Å². The van der Waals surface area contributed by atoms with Crippen molar-refractivity contribution in [1.29, 1.82) is 0 Å². The van der Waals surface area contributed by atoms with Gasteiger partial charge in [-0.1, -0.05) is 32.5 Å². The van der Waals surface area contributed by atoms with Gasteiger partial charge >= 0.3 is 0 Å². The number of thiocarbonyl (C=S) groups is 1. The van der Waals surface area contributed by atoms with Crippen molar-refractivity contribution in [2.75, 3.05) is 13.2 Å². The van der Waals surface area contributed by atoms with Crippen molar-refractivity contribution >= 4 is 23.1 Å². The van der Waals surface area contributed by atoms with Crippen molar-refractivity contribution in [2.45, 2.75) is 52.0 Å². The van der Waals surface area contributed by atoms with Crippen molar-refractivity contribution in [3.63, 3.8) is 0 Å². The van der Waals surface area contributed by atoms with Crippen LogP contribution in [-0.2, 0) is 4.79 Å². The minimum atomic E-state index is -0.632. The Kier molecular flexibility index (Phi) is 5.53. The zero-order chi connectivity index (χ0) is 13.8. The van der Waals surface area contributed by atoms with Crippen molar-refractivity contribution in [1.82, 2.24) is 4.90 Å². The topological polar surface area (TPSA) is 66.6 Å². The second kappa shape index (κ2) is 6.48. The molecule has 1 aliphatic rings. The third-order valence-electron chi connectivity index (χ3n) is 4.07. The molecule has 1 saturated carbocycles. The van der Waals surface area contributed by atoms with Gasteiger partial charge in [-0.3, -0.25) is 4.79 Å². The maximum atomic E-state index is 12.7. The Morgan fingerprint density at radius 2 is 2.00 bits per heavy atom. The van der Waals surface area contributed by atoms with Crippen LogP contribution < -0.4 is 5.73 Å².